The molecule has 13 heteroatoms. The summed E-state index contributed by atoms with van der Waals surface area (Å²) < 4.78 is 10.8. The first-order valence-corrected chi connectivity index (χ1v) is 19.2. The number of aryl methyl sites for hydroxylation is 1. The van der Waals surface area contributed by atoms with E-state index in [1.165, 1.54) is 0 Å². The van der Waals surface area contributed by atoms with Gasteiger partial charge in [-0.1, -0.05) is 88.4 Å². The van der Waals surface area contributed by atoms with Crippen molar-refractivity contribution >= 4 is 29.4 Å². The van der Waals surface area contributed by atoms with Crippen LogP contribution in [0.1, 0.15) is 65.0 Å². The van der Waals surface area contributed by atoms with Gasteiger partial charge >= 0.3 is 0 Å². The zero-order chi connectivity index (χ0) is 39.3. The van der Waals surface area contributed by atoms with Gasteiger partial charge in [0.2, 0.25) is 23.6 Å². The average Bonchev–Trinajstić information content (AvgIpc) is 3.91. The number of rotatable bonds is 21. The van der Waals surface area contributed by atoms with E-state index in [1.807, 2.05) is 93.3 Å². The first-order chi connectivity index (χ1) is 25.8. The Hall–Kier alpha value is -4.17. The molecule has 0 spiro atoms. The zero-order valence-corrected chi connectivity index (χ0v) is 32.4. The fraction of sp³-hybridized carbons (Fsp3) is 0.585. The number of aliphatic hydroxyl groups is 1. The SMILES string of the molecule is CC(C)CC(NC(=O)[C@H](Cc1ccccc1)NC(=O)[C@H](CC(C)C)N(CO)C(=O)[C@H](CCc1ccccc1)NC(=O)CN1CCOCC1)C(=O)[C@@]1(C)CO1. The lowest BCUT2D eigenvalue weighted by Crippen LogP contribution is -2.60. The molecule has 54 heavy (non-hydrogen) atoms. The monoisotopic (exact) mass is 749 g/mol. The highest BCUT2D eigenvalue weighted by atomic mass is 16.6. The van der Waals surface area contributed by atoms with Crippen LogP contribution in [-0.4, -0.2) is 120 Å². The molecule has 2 aliphatic rings. The molecule has 296 valence electrons. The highest BCUT2D eigenvalue weighted by Gasteiger charge is 2.50. The van der Waals surface area contributed by atoms with E-state index < -0.39 is 54.2 Å². The number of aliphatic hydroxyl groups excluding tert-OH is 1. The van der Waals surface area contributed by atoms with Gasteiger partial charge in [-0.25, -0.2) is 0 Å². The van der Waals surface area contributed by atoms with E-state index in [0.29, 0.717) is 39.1 Å². The molecule has 2 aromatic rings. The van der Waals surface area contributed by atoms with Gasteiger partial charge in [0.05, 0.1) is 32.4 Å². The van der Waals surface area contributed by atoms with Crippen molar-refractivity contribution in [1.82, 2.24) is 25.8 Å². The van der Waals surface area contributed by atoms with E-state index in [-0.39, 0.29) is 55.9 Å². The zero-order valence-electron chi connectivity index (χ0n) is 32.4. The van der Waals surface area contributed by atoms with Gasteiger partial charge in [-0.3, -0.25) is 28.9 Å². The van der Waals surface area contributed by atoms with E-state index in [2.05, 4.69) is 16.0 Å². The quantitative estimate of drug-likeness (QED) is 0.111. The number of morpholine rings is 1. The molecule has 2 fully saturated rings. The molecular weight excluding hydrogens is 690 g/mol. The molecule has 4 rings (SSSR count). The Balaban J connectivity index is 1.58. The minimum atomic E-state index is -1.17. The highest BCUT2D eigenvalue weighted by Crippen LogP contribution is 2.30. The largest absolute Gasteiger partial charge is 0.379 e. The van der Waals surface area contributed by atoms with Crippen molar-refractivity contribution in [3.05, 3.63) is 71.8 Å². The number of nitrogens with one attached hydrogen (secondary N) is 3. The fourth-order valence-corrected chi connectivity index (χ4v) is 6.68. The van der Waals surface area contributed by atoms with Crippen LogP contribution < -0.4 is 16.0 Å². The summed E-state index contributed by atoms with van der Waals surface area (Å²) in [4.78, 5) is 72.5. The molecule has 5 atom stereocenters. The van der Waals surface area contributed by atoms with Gasteiger partial charge < -0.3 is 35.4 Å². The Morgan fingerprint density at radius 1 is 0.796 bits per heavy atom. The third kappa shape index (κ3) is 13.0. The van der Waals surface area contributed by atoms with Crippen molar-refractivity contribution in [2.24, 2.45) is 11.8 Å². The number of epoxide rings is 1. The Morgan fingerprint density at radius 2 is 1.37 bits per heavy atom. The second-order valence-corrected chi connectivity index (χ2v) is 15.5. The molecule has 2 aromatic carbocycles. The maximum Gasteiger partial charge on any atom is 0.247 e. The molecular formula is C41H59N5O8. The van der Waals surface area contributed by atoms with Crippen LogP contribution in [-0.2, 0) is 46.3 Å². The van der Waals surface area contributed by atoms with Gasteiger partial charge in [-0.15, -0.1) is 0 Å². The standard InChI is InChI=1S/C41H59N5O8/c1-28(2)22-33(37(49)41(5)26-54-41)43-38(50)34(24-31-14-10-7-11-15-31)44-39(51)35(23-29(3)4)46(27-47)40(52)32(17-16-30-12-8-6-9-13-30)42-36(48)25-45-18-20-53-21-19-45/h6-15,28-29,32-35,47H,16-27H2,1-5H3,(H,42,48)(H,43,50)(H,44,51)/t32-,33?,34-,35-,41+/m0/s1. The summed E-state index contributed by atoms with van der Waals surface area (Å²) in [6.45, 7) is 11.2. The first kappa shape index (κ1) is 42.6. The molecule has 0 radical (unpaired) electrons. The van der Waals surface area contributed by atoms with Crippen LogP contribution in [0.2, 0.25) is 0 Å². The summed E-state index contributed by atoms with van der Waals surface area (Å²) >= 11 is 0. The topological polar surface area (TPSA) is 170 Å². The van der Waals surface area contributed by atoms with Gasteiger partial charge in [0.15, 0.2) is 5.78 Å². The normalized spacial score (nSPS) is 19.3. The summed E-state index contributed by atoms with van der Waals surface area (Å²) in [6.07, 6.45) is 1.38. The summed E-state index contributed by atoms with van der Waals surface area (Å²) in [5.74, 6) is -2.34. The van der Waals surface area contributed by atoms with E-state index in [4.69, 9.17) is 9.47 Å². The number of nitrogens with zero attached hydrogens (tertiary/aromatic N) is 2. The predicted octanol–water partition coefficient (Wildman–Crippen LogP) is 2.25. The Morgan fingerprint density at radius 3 is 1.93 bits per heavy atom. The van der Waals surface area contributed by atoms with E-state index >= 15 is 0 Å². The number of amides is 4. The van der Waals surface area contributed by atoms with Crippen molar-refractivity contribution in [2.45, 2.75) is 96.5 Å². The fourth-order valence-electron chi connectivity index (χ4n) is 6.68. The smallest absolute Gasteiger partial charge is 0.247 e. The number of hydrogen-bond acceptors (Lipinski definition) is 9. The summed E-state index contributed by atoms with van der Waals surface area (Å²) in [7, 11) is 0. The van der Waals surface area contributed by atoms with Gasteiger partial charge in [0.25, 0.3) is 0 Å². The van der Waals surface area contributed by atoms with Crippen LogP contribution in [0.4, 0.5) is 0 Å². The number of ketones is 1. The molecule has 0 aliphatic carbocycles. The lowest BCUT2D eigenvalue weighted by Gasteiger charge is -2.34. The maximum atomic E-state index is 14.4. The average molecular weight is 750 g/mol. The molecule has 4 amide bonds. The molecule has 2 aliphatic heterocycles. The number of hydrogen-bond donors (Lipinski definition) is 4. The molecule has 0 aromatic heterocycles. The molecule has 2 saturated heterocycles. The third-order valence-corrected chi connectivity index (χ3v) is 9.83. The predicted molar refractivity (Wildman–Crippen MR) is 204 cm³/mol. The Labute approximate surface area is 319 Å². The number of carbonyl (C=O) groups is 5. The van der Waals surface area contributed by atoms with Crippen LogP contribution in [0.3, 0.4) is 0 Å². The van der Waals surface area contributed by atoms with Crippen LogP contribution >= 0.6 is 0 Å². The number of carbonyl (C=O) groups excluding carboxylic acids is 5. The van der Waals surface area contributed by atoms with Crippen LogP contribution in [0.15, 0.2) is 60.7 Å². The van der Waals surface area contributed by atoms with E-state index in [9.17, 15) is 29.1 Å². The lowest BCUT2D eigenvalue weighted by atomic mass is 9.93. The second-order valence-electron chi connectivity index (χ2n) is 15.5. The Bertz CT molecular complexity index is 1530. The van der Waals surface area contributed by atoms with Crippen LogP contribution in [0.5, 0.6) is 0 Å². The van der Waals surface area contributed by atoms with Gasteiger partial charge in [-0.05, 0) is 55.6 Å². The molecule has 4 N–H and O–H groups in total. The van der Waals surface area contributed by atoms with Crippen molar-refractivity contribution in [3.63, 3.8) is 0 Å². The summed E-state index contributed by atoms with van der Waals surface area (Å²) in [5, 5.41) is 19.4. The number of Topliss-reactive ketones (excluding diaryl/α,β-unsaturated/α-hetero) is 1. The van der Waals surface area contributed by atoms with E-state index in [0.717, 1.165) is 16.0 Å². The Kier molecular flexibility index (Phi) is 16.2. The van der Waals surface area contributed by atoms with Crippen molar-refractivity contribution in [1.29, 1.82) is 0 Å². The molecule has 2 heterocycles. The first-order valence-electron chi connectivity index (χ1n) is 19.2. The molecule has 0 saturated carbocycles. The van der Waals surface area contributed by atoms with Gasteiger partial charge in [0.1, 0.15) is 30.5 Å². The summed E-state index contributed by atoms with van der Waals surface area (Å²) in [5.41, 5.74) is 0.793. The maximum absolute atomic E-state index is 14.4. The number of benzene rings is 2. The summed E-state index contributed by atoms with van der Waals surface area (Å²) in [6, 6.07) is 14.6. The van der Waals surface area contributed by atoms with Crippen molar-refractivity contribution < 1.29 is 38.6 Å². The van der Waals surface area contributed by atoms with Crippen molar-refractivity contribution in [3.8, 4) is 0 Å². The second kappa shape index (κ2) is 20.5. The molecule has 13 nitrogen and oxygen atoms in total. The minimum Gasteiger partial charge on any atom is -0.379 e. The van der Waals surface area contributed by atoms with Gasteiger partial charge in [-0.2, -0.15) is 0 Å². The molecule has 0 bridgehead atoms. The van der Waals surface area contributed by atoms with Crippen molar-refractivity contribution in [2.75, 3.05) is 46.2 Å². The molecule has 1 unspecified atom stereocenters. The van der Waals surface area contributed by atoms with E-state index in [1.54, 1.807) is 6.92 Å². The van der Waals surface area contributed by atoms with Gasteiger partial charge in [0, 0.05) is 19.5 Å². The lowest BCUT2D eigenvalue weighted by molar-refractivity contribution is -0.149. The van der Waals surface area contributed by atoms with Crippen LogP contribution in [0, 0.1) is 11.8 Å². The minimum absolute atomic E-state index is 0.0787. The van der Waals surface area contributed by atoms with Crippen LogP contribution in [0.25, 0.3) is 0 Å². The third-order valence-electron chi connectivity index (χ3n) is 9.83. The highest BCUT2D eigenvalue weighted by molar-refractivity contribution is 5.98. The number of ether oxygens (including phenoxy) is 2.